The maximum absolute atomic E-state index is 14.2. The fourth-order valence-corrected chi connectivity index (χ4v) is 7.05. The molecule has 0 radical (unpaired) electrons. The van der Waals surface area contributed by atoms with E-state index < -0.39 is 11.4 Å². The Kier molecular flexibility index (Phi) is 10.4. The summed E-state index contributed by atoms with van der Waals surface area (Å²) >= 11 is 1.09. The highest BCUT2D eigenvalue weighted by Gasteiger charge is 2.37. The van der Waals surface area contributed by atoms with Crippen LogP contribution in [0.5, 0.6) is 5.88 Å². The lowest BCUT2D eigenvalue weighted by molar-refractivity contribution is -0.254. The minimum absolute atomic E-state index is 0.00314. The SMILES string of the molecule is CC1CCC(C(=O)N(c2cc(C#CC(C)(C)COC3CCOC3)sc2C(=O)[O-])C2CCC(Oc3ccccn3)CC2)CC1. The number of carbonyl (C=O) groups is 2. The van der Waals surface area contributed by atoms with Gasteiger partial charge in [-0.2, -0.15) is 0 Å². The van der Waals surface area contributed by atoms with Gasteiger partial charge in [-0.15, -0.1) is 11.3 Å². The summed E-state index contributed by atoms with van der Waals surface area (Å²) in [4.78, 5) is 33.4. The molecule has 8 nitrogen and oxygen atoms in total. The molecule has 9 heteroatoms. The molecule has 1 amide bonds. The van der Waals surface area contributed by atoms with Crippen LogP contribution < -0.4 is 14.7 Å². The maximum atomic E-state index is 14.2. The molecule has 1 saturated heterocycles. The number of amides is 1. The van der Waals surface area contributed by atoms with Crippen molar-refractivity contribution in [2.75, 3.05) is 24.7 Å². The Hall–Kier alpha value is -2.93. The fourth-order valence-electron chi connectivity index (χ4n) is 6.21. The number of carboxylic acids is 1. The topological polar surface area (TPSA) is 101 Å². The zero-order valence-electron chi connectivity index (χ0n) is 25.5. The summed E-state index contributed by atoms with van der Waals surface area (Å²) in [6, 6.07) is 7.26. The average molecular weight is 608 g/mol. The van der Waals surface area contributed by atoms with Crippen LogP contribution in [0.15, 0.2) is 30.5 Å². The molecular weight excluding hydrogens is 564 g/mol. The minimum atomic E-state index is -1.28. The van der Waals surface area contributed by atoms with Gasteiger partial charge in [0.15, 0.2) is 0 Å². The van der Waals surface area contributed by atoms with Crippen molar-refractivity contribution in [3.05, 3.63) is 40.2 Å². The molecule has 232 valence electrons. The third-order valence-electron chi connectivity index (χ3n) is 8.79. The molecule has 2 aliphatic carbocycles. The number of carboxylic acid groups (broad SMARTS) is 1. The van der Waals surface area contributed by atoms with Gasteiger partial charge >= 0.3 is 0 Å². The second-order valence-electron chi connectivity index (χ2n) is 12.9. The fraction of sp³-hybridized carbons (Fsp3) is 0.618. The molecule has 3 aliphatic rings. The summed E-state index contributed by atoms with van der Waals surface area (Å²) in [6.07, 6.45) is 9.29. The van der Waals surface area contributed by atoms with Crippen LogP contribution >= 0.6 is 11.3 Å². The Morgan fingerprint density at radius 1 is 1.09 bits per heavy atom. The number of thiophene rings is 1. The van der Waals surface area contributed by atoms with Gasteiger partial charge < -0.3 is 29.0 Å². The first-order chi connectivity index (χ1) is 20.7. The number of anilines is 1. The van der Waals surface area contributed by atoms with Gasteiger partial charge in [0, 0.05) is 36.2 Å². The first kappa shape index (κ1) is 31.5. The van der Waals surface area contributed by atoms with Gasteiger partial charge in [-0.1, -0.05) is 24.8 Å². The van der Waals surface area contributed by atoms with Crippen LogP contribution in [0, 0.1) is 29.1 Å². The number of hydrogen-bond donors (Lipinski definition) is 0. The van der Waals surface area contributed by atoms with Crippen LogP contribution in [0.3, 0.4) is 0 Å². The average Bonchev–Trinajstić information content (AvgIpc) is 3.68. The summed E-state index contributed by atoms with van der Waals surface area (Å²) in [5, 5.41) is 12.4. The van der Waals surface area contributed by atoms with Crippen molar-refractivity contribution in [2.24, 2.45) is 17.3 Å². The number of carbonyl (C=O) groups excluding carboxylic acids is 2. The summed E-state index contributed by atoms with van der Waals surface area (Å²) in [6.45, 7) is 8.02. The molecule has 2 aromatic rings. The van der Waals surface area contributed by atoms with E-state index in [0.29, 0.717) is 48.4 Å². The van der Waals surface area contributed by atoms with E-state index in [4.69, 9.17) is 14.2 Å². The van der Waals surface area contributed by atoms with E-state index in [2.05, 4.69) is 23.7 Å². The van der Waals surface area contributed by atoms with Gasteiger partial charge in [0.25, 0.3) is 0 Å². The van der Waals surface area contributed by atoms with Crippen molar-refractivity contribution in [1.29, 1.82) is 0 Å². The van der Waals surface area contributed by atoms with E-state index in [0.717, 1.165) is 62.9 Å². The largest absolute Gasteiger partial charge is 0.544 e. The molecular formula is C34H43N2O6S-. The first-order valence-corrected chi connectivity index (χ1v) is 16.5. The molecule has 43 heavy (non-hydrogen) atoms. The van der Waals surface area contributed by atoms with Gasteiger partial charge in [-0.25, -0.2) is 4.98 Å². The quantitative estimate of drug-likeness (QED) is 0.360. The van der Waals surface area contributed by atoms with Crippen LogP contribution in [0.25, 0.3) is 0 Å². The van der Waals surface area contributed by atoms with Gasteiger partial charge in [-0.3, -0.25) is 4.79 Å². The molecule has 3 fully saturated rings. The van der Waals surface area contributed by atoms with E-state index >= 15 is 0 Å². The van der Waals surface area contributed by atoms with Crippen molar-refractivity contribution in [2.45, 2.75) is 96.8 Å². The molecule has 3 heterocycles. The predicted molar refractivity (Wildman–Crippen MR) is 164 cm³/mol. The molecule has 1 atom stereocenters. The van der Waals surface area contributed by atoms with Crippen LogP contribution in [0.2, 0.25) is 0 Å². The lowest BCUT2D eigenvalue weighted by Gasteiger charge is -2.39. The van der Waals surface area contributed by atoms with E-state index in [9.17, 15) is 14.7 Å². The Labute approximate surface area is 259 Å². The molecule has 2 aromatic heterocycles. The smallest absolute Gasteiger partial charge is 0.230 e. The van der Waals surface area contributed by atoms with Crippen molar-refractivity contribution >= 4 is 28.9 Å². The minimum Gasteiger partial charge on any atom is -0.544 e. The molecule has 0 aromatic carbocycles. The van der Waals surface area contributed by atoms with Crippen molar-refractivity contribution < 1.29 is 28.9 Å². The van der Waals surface area contributed by atoms with Gasteiger partial charge in [-0.05, 0) is 89.7 Å². The van der Waals surface area contributed by atoms with Gasteiger partial charge in [0.1, 0.15) is 6.10 Å². The Bertz CT molecular complexity index is 1290. The first-order valence-electron chi connectivity index (χ1n) is 15.7. The normalized spacial score (nSPS) is 25.9. The summed E-state index contributed by atoms with van der Waals surface area (Å²) in [7, 11) is 0. The van der Waals surface area contributed by atoms with Crippen LogP contribution in [-0.4, -0.2) is 54.9 Å². The molecule has 5 rings (SSSR count). The van der Waals surface area contributed by atoms with Gasteiger partial charge in [0.2, 0.25) is 11.8 Å². The summed E-state index contributed by atoms with van der Waals surface area (Å²) in [5.41, 5.74) is -0.0153. The zero-order valence-corrected chi connectivity index (χ0v) is 26.3. The third-order valence-corrected chi connectivity index (χ3v) is 9.81. The lowest BCUT2D eigenvalue weighted by Crippen LogP contribution is -2.47. The Morgan fingerprint density at radius 3 is 2.51 bits per heavy atom. The number of aromatic carboxylic acids is 1. The second-order valence-corrected chi connectivity index (χ2v) is 14.0. The molecule has 0 N–H and O–H groups in total. The summed E-state index contributed by atoms with van der Waals surface area (Å²) in [5.74, 6) is 6.30. The highest BCUT2D eigenvalue weighted by Crippen LogP contribution is 2.39. The van der Waals surface area contributed by atoms with Crippen molar-refractivity contribution in [3.8, 4) is 17.7 Å². The molecule has 0 bridgehead atoms. The van der Waals surface area contributed by atoms with Crippen LogP contribution in [0.4, 0.5) is 5.69 Å². The van der Waals surface area contributed by atoms with Crippen LogP contribution in [0.1, 0.15) is 93.1 Å². The van der Waals surface area contributed by atoms with E-state index in [1.807, 2.05) is 32.0 Å². The van der Waals surface area contributed by atoms with Crippen molar-refractivity contribution in [1.82, 2.24) is 4.98 Å². The number of aromatic nitrogens is 1. The highest BCUT2D eigenvalue weighted by molar-refractivity contribution is 7.15. The zero-order chi connectivity index (χ0) is 30.4. The summed E-state index contributed by atoms with van der Waals surface area (Å²) < 4.78 is 17.5. The monoisotopic (exact) mass is 607 g/mol. The highest BCUT2D eigenvalue weighted by atomic mass is 32.1. The Morgan fingerprint density at radius 2 is 1.86 bits per heavy atom. The molecule has 2 saturated carbocycles. The number of pyridine rings is 1. The standard InChI is InChI=1S/C34H44N2O6S/c1-23-7-9-24(10-8-23)32(37)36(25-11-13-26(14-12-25)42-30-6-4-5-18-35-30)29-20-28(43-31(29)33(38)39)15-17-34(2,3)22-41-27-16-19-40-21-27/h4-6,18,20,23-27H,7-14,16,19,21-22H2,1-3H3,(H,38,39)/p-1. The number of rotatable bonds is 9. The van der Waals surface area contributed by atoms with E-state index in [1.54, 1.807) is 17.2 Å². The van der Waals surface area contributed by atoms with Crippen LogP contribution in [-0.2, 0) is 14.3 Å². The molecule has 1 aliphatic heterocycles. The number of nitrogens with zero attached hydrogens (tertiary/aromatic N) is 2. The molecule has 1 unspecified atom stereocenters. The molecule has 0 spiro atoms. The number of hydrogen-bond acceptors (Lipinski definition) is 8. The van der Waals surface area contributed by atoms with Crippen molar-refractivity contribution in [3.63, 3.8) is 0 Å². The second kappa shape index (κ2) is 14.2. The predicted octanol–water partition coefficient (Wildman–Crippen LogP) is 5.24. The maximum Gasteiger partial charge on any atom is 0.230 e. The van der Waals surface area contributed by atoms with E-state index in [1.165, 1.54) is 0 Å². The number of ether oxygens (including phenoxy) is 3. The lowest BCUT2D eigenvalue weighted by atomic mass is 9.81. The van der Waals surface area contributed by atoms with E-state index in [-0.39, 0.29) is 35.0 Å². The Balaban J connectivity index is 1.37. The van der Waals surface area contributed by atoms with Gasteiger partial charge in [0.05, 0.1) is 40.7 Å². The third kappa shape index (κ3) is 8.37.